The van der Waals surface area contributed by atoms with Gasteiger partial charge < -0.3 is 10.2 Å². The SMILES string of the molecule is Cc1cc(C2(C)CCC(c3cc(C)c(O)c(C)c3)(C(C)C)CC2)cc(C)c1O. The molecule has 1 saturated carbocycles. The summed E-state index contributed by atoms with van der Waals surface area (Å²) in [5.74, 6) is 1.40. The van der Waals surface area contributed by atoms with Crippen LogP contribution < -0.4 is 0 Å². The Morgan fingerprint density at radius 3 is 1.39 bits per heavy atom. The molecule has 0 unspecified atom stereocenters. The molecule has 0 aliphatic heterocycles. The minimum Gasteiger partial charge on any atom is -0.507 e. The summed E-state index contributed by atoms with van der Waals surface area (Å²) in [6, 6.07) is 8.78. The number of hydrogen-bond acceptors (Lipinski definition) is 2. The summed E-state index contributed by atoms with van der Waals surface area (Å²) in [6.45, 7) is 15.1. The van der Waals surface area contributed by atoms with Crippen molar-refractivity contribution in [3.63, 3.8) is 0 Å². The molecule has 1 aliphatic carbocycles. The molecule has 28 heavy (non-hydrogen) atoms. The zero-order valence-electron chi connectivity index (χ0n) is 18.6. The predicted molar refractivity (Wildman–Crippen MR) is 117 cm³/mol. The minimum atomic E-state index is 0.141. The Balaban J connectivity index is 1.97. The molecule has 2 N–H and O–H groups in total. The molecule has 0 radical (unpaired) electrons. The van der Waals surface area contributed by atoms with Crippen LogP contribution in [0.5, 0.6) is 11.5 Å². The van der Waals surface area contributed by atoms with E-state index < -0.39 is 0 Å². The van der Waals surface area contributed by atoms with E-state index in [0.29, 0.717) is 17.4 Å². The summed E-state index contributed by atoms with van der Waals surface area (Å²) < 4.78 is 0. The van der Waals surface area contributed by atoms with E-state index in [9.17, 15) is 10.2 Å². The van der Waals surface area contributed by atoms with Crippen molar-refractivity contribution < 1.29 is 10.2 Å². The van der Waals surface area contributed by atoms with Gasteiger partial charge in [-0.2, -0.15) is 0 Å². The molecule has 0 heterocycles. The van der Waals surface area contributed by atoms with E-state index in [-0.39, 0.29) is 10.8 Å². The highest BCUT2D eigenvalue weighted by atomic mass is 16.3. The molecule has 1 aliphatic rings. The van der Waals surface area contributed by atoms with Crippen LogP contribution in [0.15, 0.2) is 24.3 Å². The second-order valence-corrected chi connectivity index (χ2v) is 9.79. The Kier molecular flexibility index (Phi) is 5.29. The van der Waals surface area contributed by atoms with E-state index in [0.717, 1.165) is 47.9 Å². The summed E-state index contributed by atoms with van der Waals surface area (Å²) in [5.41, 5.74) is 6.95. The monoisotopic (exact) mass is 380 g/mol. The number of aromatic hydroxyl groups is 2. The fourth-order valence-corrected chi connectivity index (χ4v) is 5.28. The van der Waals surface area contributed by atoms with Crippen LogP contribution in [0.2, 0.25) is 0 Å². The van der Waals surface area contributed by atoms with Gasteiger partial charge >= 0.3 is 0 Å². The normalized spacial score (nSPS) is 25.3. The van der Waals surface area contributed by atoms with Gasteiger partial charge in [0.1, 0.15) is 11.5 Å². The molecule has 2 aromatic carbocycles. The van der Waals surface area contributed by atoms with Crippen molar-refractivity contribution in [2.24, 2.45) is 5.92 Å². The Bertz CT molecular complexity index is 837. The minimum absolute atomic E-state index is 0.141. The summed E-state index contributed by atoms with van der Waals surface area (Å²) in [4.78, 5) is 0. The van der Waals surface area contributed by atoms with Crippen molar-refractivity contribution in [1.29, 1.82) is 0 Å². The maximum absolute atomic E-state index is 10.2. The molecule has 0 atom stereocenters. The summed E-state index contributed by atoms with van der Waals surface area (Å²) >= 11 is 0. The van der Waals surface area contributed by atoms with Crippen molar-refractivity contribution in [1.82, 2.24) is 0 Å². The van der Waals surface area contributed by atoms with Crippen molar-refractivity contribution in [2.75, 3.05) is 0 Å². The van der Waals surface area contributed by atoms with Crippen LogP contribution in [0.1, 0.15) is 79.8 Å². The maximum Gasteiger partial charge on any atom is 0.121 e. The van der Waals surface area contributed by atoms with Crippen LogP contribution >= 0.6 is 0 Å². The topological polar surface area (TPSA) is 40.5 Å². The predicted octanol–water partition coefficient (Wildman–Crippen LogP) is 6.76. The second-order valence-electron chi connectivity index (χ2n) is 9.79. The van der Waals surface area contributed by atoms with Crippen LogP contribution in [0.25, 0.3) is 0 Å². The van der Waals surface area contributed by atoms with Crippen LogP contribution in [0, 0.1) is 33.6 Å². The van der Waals surface area contributed by atoms with E-state index >= 15 is 0 Å². The molecule has 152 valence electrons. The highest BCUT2D eigenvalue weighted by Crippen LogP contribution is 2.52. The Hall–Kier alpha value is -1.96. The van der Waals surface area contributed by atoms with E-state index in [1.165, 1.54) is 11.1 Å². The number of rotatable bonds is 3. The molecular weight excluding hydrogens is 344 g/mol. The quantitative estimate of drug-likeness (QED) is 0.618. The molecule has 2 aromatic rings. The fraction of sp³-hybridized carbons (Fsp3) is 0.538. The molecule has 0 aromatic heterocycles. The number of phenols is 2. The third kappa shape index (κ3) is 3.32. The lowest BCUT2D eigenvalue weighted by molar-refractivity contribution is 0.159. The molecular formula is C26H36O2. The average Bonchev–Trinajstić information content (AvgIpc) is 2.64. The molecule has 0 spiro atoms. The standard InChI is InChI=1S/C26H36O2/c1-16(2)26(22-14-19(5)24(28)20(6)15-22)10-8-25(7,9-11-26)21-12-17(3)23(27)18(4)13-21/h12-16,27-28H,8-11H2,1-7H3. The first-order valence-electron chi connectivity index (χ1n) is 10.6. The van der Waals surface area contributed by atoms with Crippen molar-refractivity contribution in [3.8, 4) is 11.5 Å². The third-order valence-electron chi connectivity index (χ3n) is 7.60. The van der Waals surface area contributed by atoms with Gasteiger partial charge in [0.05, 0.1) is 0 Å². The lowest BCUT2D eigenvalue weighted by atomic mass is 9.56. The molecule has 1 fully saturated rings. The number of phenolic OH excluding ortho intramolecular Hbond substituents is 2. The molecule has 0 saturated heterocycles. The zero-order valence-corrected chi connectivity index (χ0v) is 18.6. The maximum atomic E-state index is 10.2. The van der Waals surface area contributed by atoms with E-state index in [1.54, 1.807) is 0 Å². The average molecular weight is 381 g/mol. The number of hydrogen-bond donors (Lipinski definition) is 2. The number of benzene rings is 2. The van der Waals surface area contributed by atoms with Gasteiger partial charge in [-0.3, -0.25) is 0 Å². The Morgan fingerprint density at radius 1 is 0.679 bits per heavy atom. The lowest BCUT2D eigenvalue weighted by Crippen LogP contribution is -2.41. The van der Waals surface area contributed by atoms with Gasteiger partial charge in [0.2, 0.25) is 0 Å². The van der Waals surface area contributed by atoms with Gasteiger partial charge in [-0.25, -0.2) is 0 Å². The van der Waals surface area contributed by atoms with Crippen LogP contribution in [-0.2, 0) is 10.8 Å². The smallest absolute Gasteiger partial charge is 0.121 e. The molecule has 2 heteroatoms. The third-order valence-corrected chi connectivity index (χ3v) is 7.60. The van der Waals surface area contributed by atoms with Gasteiger partial charge in [-0.15, -0.1) is 0 Å². The number of aryl methyl sites for hydroxylation is 4. The van der Waals surface area contributed by atoms with Gasteiger partial charge in [-0.1, -0.05) is 45.0 Å². The van der Waals surface area contributed by atoms with Crippen molar-refractivity contribution in [2.45, 2.75) is 85.0 Å². The van der Waals surface area contributed by atoms with Crippen molar-refractivity contribution in [3.05, 3.63) is 57.6 Å². The van der Waals surface area contributed by atoms with Gasteiger partial charge in [0, 0.05) is 0 Å². The van der Waals surface area contributed by atoms with E-state index in [2.05, 4.69) is 45.0 Å². The second kappa shape index (κ2) is 7.13. The highest BCUT2D eigenvalue weighted by Gasteiger charge is 2.44. The highest BCUT2D eigenvalue weighted by molar-refractivity contribution is 5.47. The van der Waals surface area contributed by atoms with Gasteiger partial charge in [0.25, 0.3) is 0 Å². The Morgan fingerprint density at radius 2 is 1.04 bits per heavy atom. The van der Waals surface area contributed by atoms with E-state index in [4.69, 9.17) is 0 Å². The first-order valence-corrected chi connectivity index (χ1v) is 10.6. The molecule has 3 rings (SSSR count). The summed E-state index contributed by atoms with van der Waals surface area (Å²) in [6.07, 6.45) is 4.55. The first kappa shape index (κ1) is 20.8. The first-order chi connectivity index (χ1) is 13.0. The zero-order chi connectivity index (χ0) is 20.9. The lowest BCUT2D eigenvalue weighted by Gasteiger charge is -2.48. The summed E-state index contributed by atoms with van der Waals surface area (Å²) in [7, 11) is 0. The van der Waals surface area contributed by atoms with Crippen LogP contribution in [0.3, 0.4) is 0 Å². The summed E-state index contributed by atoms with van der Waals surface area (Å²) in [5, 5.41) is 20.4. The van der Waals surface area contributed by atoms with Gasteiger partial charge in [0.15, 0.2) is 0 Å². The fourth-order valence-electron chi connectivity index (χ4n) is 5.28. The van der Waals surface area contributed by atoms with Gasteiger partial charge in [-0.05, 0) is 104 Å². The largest absolute Gasteiger partial charge is 0.507 e. The van der Waals surface area contributed by atoms with Crippen molar-refractivity contribution >= 4 is 0 Å². The molecule has 0 amide bonds. The van der Waals surface area contributed by atoms with Crippen LogP contribution in [-0.4, -0.2) is 10.2 Å². The van der Waals surface area contributed by atoms with E-state index in [1.807, 2.05) is 27.7 Å². The molecule has 2 nitrogen and oxygen atoms in total. The van der Waals surface area contributed by atoms with Crippen LogP contribution in [0.4, 0.5) is 0 Å². The molecule has 0 bridgehead atoms. The Labute approximate surface area is 170 Å².